The van der Waals surface area contributed by atoms with Crippen LogP contribution in [0.4, 0.5) is 0 Å². The summed E-state index contributed by atoms with van der Waals surface area (Å²) in [5.74, 6) is 0.471. The Balaban J connectivity index is 2.25. The van der Waals surface area contributed by atoms with Crippen LogP contribution in [0.15, 0.2) is 23.8 Å². The maximum Gasteiger partial charge on any atom is 0.0921 e. The quantitative estimate of drug-likeness (QED) is 0.705. The van der Waals surface area contributed by atoms with E-state index >= 15 is 0 Å². The van der Waals surface area contributed by atoms with Crippen LogP contribution in [0, 0.1) is 5.92 Å². The van der Waals surface area contributed by atoms with Crippen LogP contribution in [0.2, 0.25) is 0 Å². The van der Waals surface area contributed by atoms with Crippen molar-refractivity contribution in [3.63, 3.8) is 0 Å². The molecule has 2 aliphatic heterocycles. The van der Waals surface area contributed by atoms with Crippen molar-refractivity contribution in [3.05, 3.63) is 23.8 Å². The first kappa shape index (κ1) is 16.8. The van der Waals surface area contributed by atoms with Gasteiger partial charge in [0.05, 0.1) is 17.3 Å². The topological polar surface area (TPSA) is 29.5 Å². The second kappa shape index (κ2) is 6.66. The highest BCUT2D eigenvalue weighted by molar-refractivity contribution is 5.08. The molecule has 0 aromatic rings. The second-order valence-corrected chi connectivity index (χ2v) is 7.49. The van der Waals surface area contributed by atoms with Gasteiger partial charge in [-0.2, -0.15) is 0 Å². The van der Waals surface area contributed by atoms with Crippen LogP contribution in [-0.2, 0) is 4.74 Å². The Labute approximate surface area is 130 Å². The molecule has 3 atom stereocenters. The Morgan fingerprint density at radius 3 is 2.67 bits per heavy atom. The molecule has 0 saturated carbocycles. The third kappa shape index (κ3) is 3.78. The molecule has 0 radical (unpaired) electrons. The fourth-order valence-electron chi connectivity index (χ4n) is 3.60. The van der Waals surface area contributed by atoms with Crippen molar-refractivity contribution in [1.82, 2.24) is 0 Å². The van der Waals surface area contributed by atoms with Gasteiger partial charge in [0.25, 0.3) is 0 Å². The van der Waals surface area contributed by atoms with Gasteiger partial charge in [0.2, 0.25) is 0 Å². The molecule has 2 nitrogen and oxygen atoms in total. The van der Waals surface area contributed by atoms with Gasteiger partial charge in [-0.05, 0) is 64.7 Å². The number of fused-ring (bicyclic) bond motifs is 2. The fraction of sp³-hybridized carbons (Fsp3) is 0.789. The van der Waals surface area contributed by atoms with Crippen molar-refractivity contribution in [3.8, 4) is 0 Å². The lowest BCUT2D eigenvalue weighted by Crippen LogP contribution is -2.44. The van der Waals surface area contributed by atoms with Gasteiger partial charge in [0.15, 0.2) is 0 Å². The molecule has 2 rings (SSSR count). The number of hydrogen-bond acceptors (Lipinski definition) is 2. The lowest BCUT2D eigenvalue weighted by molar-refractivity contribution is -0.162. The van der Waals surface area contributed by atoms with Crippen LogP contribution in [0.3, 0.4) is 0 Å². The van der Waals surface area contributed by atoms with Crippen molar-refractivity contribution in [2.45, 2.75) is 89.9 Å². The number of hydrogen-bond donors (Lipinski definition) is 1. The Morgan fingerprint density at radius 2 is 1.95 bits per heavy atom. The number of aliphatic hydroxyl groups excluding tert-OH is 1. The van der Waals surface area contributed by atoms with Crippen LogP contribution in [-0.4, -0.2) is 22.4 Å². The molecule has 0 spiro atoms. The summed E-state index contributed by atoms with van der Waals surface area (Å²) in [5.41, 5.74) is 0.975. The molecular weight excluding hydrogens is 260 g/mol. The Kier molecular flexibility index (Phi) is 5.32. The third-order valence-electron chi connectivity index (χ3n) is 5.51. The maximum atomic E-state index is 10.6. The zero-order chi connectivity index (χ0) is 15.5. The minimum absolute atomic E-state index is 0.0987. The number of rotatable bonds is 1. The highest BCUT2D eigenvalue weighted by Gasteiger charge is 2.50. The molecule has 0 aliphatic carbocycles. The van der Waals surface area contributed by atoms with Gasteiger partial charge >= 0.3 is 0 Å². The maximum absolute atomic E-state index is 10.6. The van der Waals surface area contributed by atoms with Gasteiger partial charge in [0, 0.05) is 0 Å². The highest BCUT2D eigenvalue weighted by Crippen LogP contribution is 2.47. The summed E-state index contributed by atoms with van der Waals surface area (Å²) in [6.45, 7) is 8.83. The van der Waals surface area contributed by atoms with Crippen molar-refractivity contribution in [2.24, 2.45) is 5.92 Å². The van der Waals surface area contributed by atoms with E-state index in [0.717, 1.165) is 44.9 Å². The molecule has 21 heavy (non-hydrogen) atoms. The van der Waals surface area contributed by atoms with E-state index in [-0.39, 0.29) is 17.3 Å². The Hall–Kier alpha value is -0.600. The average molecular weight is 292 g/mol. The smallest absolute Gasteiger partial charge is 0.0921 e. The van der Waals surface area contributed by atoms with Crippen LogP contribution in [0.25, 0.3) is 0 Å². The summed E-state index contributed by atoms with van der Waals surface area (Å²) in [5, 5.41) is 10.6. The van der Waals surface area contributed by atoms with Crippen molar-refractivity contribution >= 4 is 0 Å². The van der Waals surface area contributed by atoms with Crippen LogP contribution >= 0.6 is 0 Å². The van der Waals surface area contributed by atoms with E-state index in [1.54, 1.807) is 0 Å². The number of ether oxygens (including phenoxy) is 1. The van der Waals surface area contributed by atoms with Gasteiger partial charge in [-0.25, -0.2) is 0 Å². The van der Waals surface area contributed by atoms with Crippen molar-refractivity contribution < 1.29 is 9.84 Å². The minimum Gasteiger partial charge on any atom is -0.390 e. The minimum atomic E-state index is -0.381. The van der Waals surface area contributed by atoms with E-state index in [1.807, 2.05) is 0 Å². The summed E-state index contributed by atoms with van der Waals surface area (Å²) >= 11 is 0. The van der Waals surface area contributed by atoms with Gasteiger partial charge in [-0.3, -0.25) is 0 Å². The lowest BCUT2D eigenvalue weighted by Gasteiger charge is -2.38. The first-order valence-electron chi connectivity index (χ1n) is 8.57. The molecule has 2 heterocycles. The Bertz CT molecular complexity index is 410. The first-order chi connectivity index (χ1) is 9.88. The number of allylic oxidation sites excluding steroid dienone is 3. The van der Waals surface area contributed by atoms with E-state index in [9.17, 15) is 5.11 Å². The lowest BCUT2D eigenvalue weighted by atomic mass is 9.82. The van der Waals surface area contributed by atoms with E-state index in [0.29, 0.717) is 5.92 Å². The SMILES string of the molecule is C/C1=C/CC2(C(C)C)CCC(C)(O2)[C@H](O)CC/C=C/CC1. The Morgan fingerprint density at radius 1 is 1.24 bits per heavy atom. The van der Waals surface area contributed by atoms with E-state index in [4.69, 9.17) is 4.74 Å². The standard InChI is InChI=1S/C19H32O2/c1-15(2)19-12-11-16(3)9-7-5-6-8-10-17(20)18(4,21-19)13-14-19/h5-6,11,15,17,20H,7-10,12-14H2,1-4H3/b6-5+,16-11-/t17-,18?,19?/m1/s1. The summed E-state index contributed by atoms with van der Waals surface area (Å²) in [4.78, 5) is 0. The summed E-state index contributed by atoms with van der Waals surface area (Å²) in [6, 6.07) is 0. The van der Waals surface area contributed by atoms with Crippen LogP contribution < -0.4 is 0 Å². The summed E-state index contributed by atoms with van der Waals surface area (Å²) in [7, 11) is 0. The van der Waals surface area contributed by atoms with E-state index in [2.05, 4.69) is 45.9 Å². The average Bonchev–Trinajstić information content (AvgIpc) is 2.80. The molecule has 2 bridgehead atoms. The normalized spacial score (nSPS) is 42.6. The zero-order valence-corrected chi connectivity index (χ0v) is 14.2. The van der Waals surface area contributed by atoms with Gasteiger partial charge in [0.1, 0.15) is 0 Å². The fourth-order valence-corrected chi connectivity index (χ4v) is 3.60. The van der Waals surface area contributed by atoms with Gasteiger partial charge < -0.3 is 9.84 Å². The third-order valence-corrected chi connectivity index (χ3v) is 5.51. The summed E-state index contributed by atoms with van der Waals surface area (Å²) < 4.78 is 6.55. The molecule has 1 saturated heterocycles. The van der Waals surface area contributed by atoms with Gasteiger partial charge in [-0.15, -0.1) is 0 Å². The number of aliphatic hydroxyl groups is 1. The molecule has 120 valence electrons. The molecule has 2 aliphatic rings. The predicted octanol–water partition coefficient (Wildman–Crippen LogP) is 4.78. The molecule has 2 unspecified atom stereocenters. The molecule has 0 aromatic heterocycles. The predicted molar refractivity (Wildman–Crippen MR) is 88.3 cm³/mol. The second-order valence-electron chi connectivity index (χ2n) is 7.49. The molecule has 1 N–H and O–H groups in total. The highest BCUT2D eigenvalue weighted by atomic mass is 16.5. The molecule has 0 amide bonds. The largest absolute Gasteiger partial charge is 0.390 e. The van der Waals surface area contributed by atoms with Crippen LogP contribution in [0.5, 0.6) is 0 Å². The van der Waals surface area contributed by atoms with Crippen molar-refractivity contribution in [2.75, 3.05) is 0 Å². The first-order valence-corrected chi connectivity index (χ1v) is 8.57. The summed E-state index contributed by atoms with van der Waals surface area (Å²) in [6.07, 6.45) is 13.4. The van der Waals surface area contributed by atoms with Crippen LogP contribution in [0.1, 0.15) is 72.6 Å². The molecule has 0 aromatic carbocycles. The zero-order valence-electron chi connectivity index (χ0n) is 14.2. The monoisotopic (exact) mass is 292 g/mol. The van der Waals surface area contributed by atoms with E-state index in [1.165, 1.54) is 5.57 Å². The molecular formula is C19H32O2. The van der Waals surface area contributed by atoms with Crippen molar-refractivity contribution in [1.29, 1.82) is 0 Å². The van der Waals surface area contributed by atoms with E-state index < -0.39 is 0 Å². The van der Waals surface area contributed by atoms with Gasteiger partial charge in [-0.1, -0.05) is 37.6 Å². The molecule has 1 fully saturated rings. The molecule has 2 heteroatoms.